The summed E-state index contributed by atoms with van der Waals surface area (Å²) in [5.41, 5.74) is 6.26. The van der Waals surface area contributed by atoms with E-state index in [2.05, 4.69) is 11.1 Å². The Balaban J connectivity index is 2.02. The van der Waals surface area contributed by atoms with Crippen molar-refractivity contribution in [2.45, 2.75) is 47.0 Å². The first-order valence-corrected chi connectivity index (χ1v) is 10.4. The number of carboxylic acids is 1. The van der Waals surface area contributed by atoms with E-state index in [1.807, 2.05) is 39.0 Å². The molecule has 0 saturated heterocycles. The van der Waals surface area contributed by atoms with E-state index in [0.29, 0.717) is 29.2 Å². The minimum Gasteiger partial charge on any atom is -0.493 e. The van der Waals surface area contributed by atoms with Crippen molar-refractivity contribution in [1.29, 1.82) is 0 Å². The van der Waals surface area contributed by atoms with Crippen molar-refractivity contribution in [3.63, 3.8) is 0 Å². The summed E-state index contributed by atoms with van der Waals surface area (Å²) in [5.74, 6) is 0.443. The van der Waals surface area contributed by atoms with Crippen LogP contribution in [0.15, 0.2) is 35.3 Å². The van der Waals surface area contributed by atoms with Gasteiger partial charge in [0.2, 0.25) is 0 Å². The number of rotatable bonds is 4. The van der Waals surface area contributed by atoms with E-state index in [1.54, 1.807) is 17.7 Å². The second-order valence-electron chi connectivity index (χ2n) is 8.18. The van der Waals surface area contributed by atoms with Gasteiger partial charge in [-0.3, -0.25) is 14.2 Å². The number of aliphatic carboxylic acids is 1. The van der Waals surface area contributed by atoms with Gasteiger partial charge in [-0.25, -0.2) is 4.98 Å². The first-order valence-electron chi connectivity index (χ1n) is 10.4. The van der Waals surface area contributed by atoms with E-state index in [4.69, 9.17) is 4.74 Å². The van der Waals surface area contributed by atoms with E-state index >= 15 is 0 Å². The number of aromatic nitrogens is 2. The van der Waals surface area contributed by atoms with Crippen LogP contribution in [0, 0.1) is 27.7 Å². The Bertz CT molecular complexity index is 1260. The average Bonchev–Trinajstić information content (AvgIpc) is 2.74. The van der Waals surface area contributed by atoms with Crippen LogP contribution in [0.25, 0.3) is 16.9 Å². The predicted molar refractivity (Wildman–Crippen MR) is 119 cm³/mol. The molecule has 1 aliphatic rings. The number of ether oxygens (including phenoxy) is 1. The quantitative estimate of drug-likeness (QED) is 0.690. The smallest absolute Gasteiger partial charge is 0.307 e. The molecule has 1 aliphatic heterocycles. The summed E-state index contributed by atoms with van der Waals surface area (Å²) in [6.45, 7) is 8.22. The molecule has 6 nitrogen and oxygen atoms in total. The van der Waals surface area contributed by atoms with Gasteiger partial charge in [0.05, 0.1) is 13.0 Å². The number of fused-ring (bicyclic) bond motifs is 1. The molecule has 6 heteroatoms. The third-order valence-corrected chi connectivity index (χ3v) is 6.09. The summed E-state index contributed by atoms with van der Waals surface area (Å²) >= 11 is 0. The van der Waals surface area contributed by atoms with Crippen molar-refractivity contribution < 1.29 is 14.6 Å². The van der Waals surface area contributed by atoms with Gasteiger partial charge in [-0.05, 0) is 86.6 Å². The van der Waals surface area contributed by atoms with Gasteiger partial charge in [0.1, 0.15) is 11.6 Å². The number of nitrogens with zero attached hydrogens (tertiary/aromatic N) is 2. The van der Waals surface area contributed by atoms with Crippen molar-refractivity contribution in [3.8, 4) is 22.7 Å². The van der Waals surface area contributed by atoms with Gasteiger partial charge >= 0.3 is 5.97 Å². The van der Waals surface area contributed by atoms with Crippen LogP contribution in [0.5, 0.6) is 5.75 Å². The van der Waals surface area contributed by atoms with E-state index in [0.717, 1.165) is 46.4 Å². The number of benzene rings is 1. The normalized spacial score (nSPS) is 12.9. The average molecular weight is 418 g/mol. The lowest BCUT2D eigenvalue weighted by Gasteiger charge is -2.22. The van der Waals surface area contributed by atoms with Gasteiger partial charge in [0.15, 0.2) is 0 Å². The molecule has 31 heavy (non-hydrogen) atoms. The molecule has 2 aromatic heterocycles. The molecule has 0 radical (unpaired) electrons. The van der Waals surface area contributed by atoms with Crippen LogP contribution in [0.2, 0.25) is 0 Å². The summed E-state index contributed by atoms with van der Waals surface area (Å²) in [5, 5.41) is 9.55. The van der Waals surface area contributed by atoms with Gasteiger partial charge in [0.25, 0.3) is 5.56 Å². The van der Waals surface area contributed by atoms with Crippen LogP contribution in [-0.4, -0.2) is 27.2 Å². The molecule has 0 aliphatic carbocycles. The van der Waals surface area contributed by atoms with E-state index in [1.165, 1.54) is 0 Å². The second-order valence-corrected chi connectivity index (χ2v) is 8.18. The van der Waals surface area contributed by atoms with Crippen molar-refractivity contribution in [1.82, 2.24) is 9.55 Å². The first kappa shape index (κ1) is 20.8. The number of carbonyl (C=O) groups is 1. The Kier molecular flexibility index (Phi) is 5.39. The molecule has 0 spiro atoms. The Morgan fingerprint density at radius 1 is 1.16 bits per heavy atom. The van der Waals surface area contributed by atoms with Crippen LogP contribution in [0.4, 0.5) is 0 Å². The Hall–Kier alpha value is -3.41. The fourth-order valence-corrected chi connectivity index (χ4v) is 4.25. The summed E-state index contributed by atoms with van der Waals surface area (Å²) in [4.78, 5) is 29.5. The molecular formula is C25H26N2O4. The van der Waals surface area contributed by atoms with Crippen LogP contribution >= 0.6 is 0 Å². The summed E-state index contributed by atoms with van der Waals surface area (Å²) < 4.78 is 7.34. The Morgan fingerprint density at radius 3 is 2.65 bits per heavy atom. The SMILES string of the molecule is Cc1cnc(-n2c(C)c(-c3ccc4c(c3)CCCO4)c(CC(=O)O)c(C)c2=O)cc1C. The van der Waals surface area contributed by atoms with Crippen LogP contribution in [-0.2, 0) is 17.6 Å². The minimum absolute atomic E-state index is 0.216. The molecule has 0 bridgehead atoms. The Morgan fingerprint density at radius 2 is 1.94 bits per heavy atom. The van der Waals surface area contributed by atoms with Crippen LogP contribution in [0.1, 0.15) is 39.9 Å². The van der Waals surface area contributed by atoms with Crippen molar-refractivity contribution >= 4 is 5.97 Å². The highest BCUT2D eigenvalue weighted by atomic mass is 16.5. The fourth-order valence-electron chi connectivity index (χ4n) is 4.25. The molecule has 1 N–H and O–H groups in total. The van der Waals surface area contributed by atoms with Crippen molar-refractivity contribution in [3.05, 3.63) is 74.3 Å². The lowest BCUT2D eigenvalue weighted by atomic mass is 9.91. The third kappa shape index (κ3) is 3.74. The maximum Gasteiger partial charge on any atom is 0.307 e. The monoisotopic (exact) mass is 418 g/mol. The van der Waals surface area contributed by atoms with Gasteiger partial charge in [-0.15, -0.1) is 0 Å². The lowest BCUT2D eigenvalue weighted by molar-refractivity contribution is -0.136. The molecule has 0 amide bonds. The fraction of sp³-hybridized carbons (Fsp3) is 0.320. The third-order valence-electron chi connectivity index (χ3n) is 6.09. The number of hydrogen-bond acceptors (Lipinski definition) is 4. The summed E-state index contributed by atoms with van der Waals surface area (Å²) in [6.07, 6.45) is 3.40. The minimum atomic E-state index is -0.966. The predicted octanol–water partition coefficient (Wildman–Crippen LogP) is 4.09. The topological polar surface area (TPSA) is 81.4 Å². The van der Waals surface area contributed by atoms with Crippen LogP contribution in [0.3, 0.4) is 0 Å². The van der Waals surface area contributed by atoms with Crippen molar-refractivity contribution in [2.24, 2.45) is 0 Å². The molecular weight excluding hydrogens is 392 g/mol. The lowest BCUT2D eigenvalue weighted by Crippen LogP contribution is -2.27. The van der Waals surface area contributed by atoms with E-state index < -0.39 is 5.97 Å². The molecule has 4 rings (SSSR count). The van der Waals surface area contributed by atoms with Crippen LogP contribution < -0.4 is 10.3 Å². The molecule has 3 aromatic rings. The summed E-state index contributed by atoms with van der Waals surface area (Å²) in [6, 6.07) is 7.83. The maximum absolute atomic E-state index is 13.3. The molecule has 160 valence electrons. The largest absolute Gasteiger partial charge is 0.493 e. The van der Waals surface area contributed by atoms with E-state index in [9.17, 15) is 14.7 Å². The zero-order valence-corrected chi connectivity index (χ0v) is 18.3. The zero-order valence-electron chi connectivity index (χ0n) is 18.3. The number of hydrogen-bond donors (Lipinski definition) is 1. The number of pyridine rings is 2. The Labute approximate surface area is 181 Å². The van der Waals surface area contributed by atoms with Gasteiger partial charge < -0.3 is 9.84 Å². The zero-order chi connectivity index (χ0) is 22.3. The maximum atomic E-state index is 13.3. The molecule has 1 aromatic carbocycles. The summed E-state index contributed by atoms with van der Waals surface area (Å²) in [7, 11) is 0. The molecule has 0 saturated carbocycles. The standard InChI is InChI=1S/C25H26N2O4/c1-14-10-22(26-13-15(14)2)27-17(4)24(20(12-23(28)29)16(3)25(27)30)19-7-8-21-18(11-19)6-5-9-31-21/h7-8,10-11,13H,5-6,9,12H2,1-4H3,(H,28,29). The molecule has 0 fully saturated rings. The molecule has 0 unspecified atom stereocenters. The van der Waals surface area contributed by atoms with E-state index in [-0.39, 0.29) is 12.0 Å². The van der Waals surface area contributed by atoms with Gasteiger partial charge in [-0.1, -0.05) is 6.07 Å². The molecule has 3 heterocycles. The van der Waals surface area contributed by atoms with Crippen molar-refractivity contribution in [2.75, 3.05) is 6.61 Å². The number of carboxylic acid groups (broad SMARTS) is 1. The van der Waals surface area contributed by atoms with Gasteiger partial charge in [0, 0.05) is 23.0 Å². The second kappa shape index (κ2) is 8.02. The highest BCUT2D eigenvalue weighted by Gasteiger charge is 2.23. The highest BCUT2D eigenvalue weighted by Crippen LogP contribution is 2.35. The molecule has 0 atom stereocenters. The highest BCUT2D eigenvalue weighted by molar-refractivity contribution is 5.79. The number of aryl methyl sites for hydroxylation is 3. The van der Waals surface area contributed by atoms with Gasteiger partial charge in [-0.2, -0.15) is 0 Å². The first-order chi connectivity index (χ1) is 14.8.